The number of hydrogen-bond donors (Lipinski definition) is 1. The molecule has 0 atom stereocenters. The lowest BCUT2D eigenvalue weighted by molar-refractivity contribution is -0.309. The van der Waals surface area contributed by atoms with Crippen LogP contribution in [0.5, 0.6) is 0 Å². The zero-order valence-electron chi connectivity index (χ0n) is 7.89. The molecule has 0 saturated heterocycles. The van der Waals surface area contributed by atoms with E-state index in [1.807, 2.05) is 17.5 Å². The predicted octanol–water partition coefficient (Wildman–Crippen LogP) is -0.869. The summed E-state index contributed by atoms with van der Waals surface area (Å²) in [6, 6.07) is 3.78. The summed E-state index contributed by atoms with van der Waals surface area (Å²) in [5, 5.41) is 14.5. The molecule has 5 nitrogen and oxygen atoms in total. The second kappa shape index (κ2) is 6.15. The van der Waals surface area contributed by atoms with Gasteiger partial charge >= 0.3 is 0 Å². The summed E-state index contributed by atoms with van der Waals surface area (Å²) in [6.45, 7) is -0.392. The summed E-state index contributed by atoms with van der Waals surface area (Å²) in [5.41, 5.74) is 0. The number of carbonyl (C=O) groups excluding carboxylic acids is 2. The third-order valence-corrected chi connectivity index (χ3v) is 2.37. The van der Waals surface area contributed by atoms with Gasteiger partial charge in [0.2, 0.25) is 5.91 Å². The van der Waals surface area contributed by atoms with Gasteiger partial charge in [-0.05, 0) is 11.4 Å². The van der Waals surface area contributed by atoms with Crippen LogP contribution in [0.3, 0.4) is 0 Å². The van der Waals surface area contributed by atoms with Crippen molar-refractivity contribution in [3.8, 4) is 0 Å². The van der Waals surface area contributed by atoms with Crippen molar-refractivity contribution in [3.05, 3.63) is 22.4 Å². The number of nitrogens with one attached hydrogen (secondary N) is 1. The lowest BCUT2D eigenvalue weighted by Crippen LogP contribution is -2.32. The van der Waals surface area contributed by atoms with Crippen molar-refractivity contribution in [2.45, 2.75) is 6.54 Å². The van der Waals surface area contributed by atoms with Gasteiger partial charge in [0.15, 0.2) is 0 Å². The number of carboxylic acids is 1. The van der Waals surface area contributed by atoms with Gasteiger partial charge in [0.1, 0.15) is 6.61 Å². The number of amides is 1. The van der Waals surface area contributed by atoms with Gasteiger partial charge in [-0.3, -0.25) is 4.79 Å². The molecular weight excluding hydrogens is 218 g/mol. The minimum atomic E-state index is -1.33. The Hall–Kier alpha value is -1.40. The normalized spacial score (nSPS) is 9.87. The molecule has 0 aliphatic heterocycles. The quantitative estimate of drug-likeness (QED) is 0.686. The Bertz CT molecular complexity index is 323. The molecule has 1 aromatic heterocycles. The summed E-state index contributed by atoms with van der Waals surface area (Å²) >= 11 is 1.53. The van der Waals surface area contributed by atoms with Crippen LogP contribution in [0.25, 0.3) is 0 Å². The molecule has 0 aliphatic rings. The van der Waals surface area contributed by atoms with E-state index in [9.17, 15) is 14.7 Å². The number of aliphatic carboxylic acids is 1. The van der Waals surface area contributed by atoms with Crippen LogP contribution in [0.2, 0.25) is 0 Å². The number of carboxylic acid groups (broad SMARTS) is 1. The van der Waals surface area contributed by atoms with Crippen LogP contribution in [-0.4, -0.2) is 25.1 Å². The third-order valence-electron chi connectivity index (χ3n) is 1.49. The van der Waals surface area contributed by atoms with Crippen molar-refractivity contribution in [1.82, 2.24) is 5.32 Å². The Balaban J connectivity index is 2.11. The first kappa shape index (κ1) is 11.7. The Labute approximate surface area is 90.7 Å². The number of carbonyl (C=O) groups is 2. The maximum Gasteiger partial charge on any atom is 0.246 e. The highest BCUT2D eigenvalue weighted by Crippen LogP contribution is 2.06. The van der Waals surface area contributed by atoms with Gasteiger partial charge in [-0.2, -0.15) is 0 Å². The third kappa shape index (κ3) is 5.14. The van der Waals surface area contributed by atoms with Gasteiger partial charge in [-0.15, -0.1) is 11.3 Å². The smallest absolute Gasteiger partial charge is 0.246 e. The fraction of sp³-hybridized carbons (Fsp3) is 0.333. The molecule has 0 bridgehead atoms. The average Bonchev–Trinajstić information content (AvgIpc) is 2.66. The Morgan fingerprint density at radius 2 is 2.27 bits per heavy atom. The zero-order valence-corrected chi connectivity index (χ0v) is 8.71. The first-order chi connectivity index (χ1) is 7.18. The van der Waals surface area contributed by atoms with E-state index in [1.165, 1.54) is 11.3 Å². The molecule has 0 aliphatic carbocycles. The molecule has 0 unspecified atom stereocenters. The van der Waals surface area contributed by atoms with Crippen LogP contribution in [-0.2, 0) is 20.9 Å². The zero-order chi connectivity index (χ0) is 11.1. The maximum absolute atomic E-state index is 11.1. The predicted molar refractivity (Wildman–Crippen MR) is 52.0 cm³/mol. The van der Waals surface area contributed by atoms with E-state index in [0.717, 1.165) is 4.88 Å². The molecule has 1 N–H and O–H groups in total. The molecule has 1 heterocycles. The SMILES string of the molecule is O=C([O-])COCC(=O)NCc1cccs1. The van der Waals surface area contributed by atoms with Gasteiger partial charge in [0.05, 0.1) is 19.1 Å². The van der Waals surface area contributed by atoms with Crippen LogP contribution >= 0.6 is 11.3 Å². The van der Waals surface area contributed by atoms with Gasteiger partial charge in [-0.25, -0.2) is 0 Å². The van der Waals surface area contributed by atoms with Crippen LogP contribution in [0.4, 0.5) is 0 Å². The van der Waals surface area contributed by atoms with Crippen LogP contribution < -0.4 is 10.4 Å². The number of ether oxygens (including phenoxy) is 1. The van der Waals surface area contributed by atoms with Crippen LogP contribution in [0, 0.1) is 0 Å². The Morgan fingerprint density at radius 3 is 2.87 bits per heavy atom. The van der Waals surface area contributed by atoms with E-state index in [-0.39, 0.29) is 12.5 Å². The van der Waals surface area contributed by atoms with E-state index in [0.29, 0.717) is 6.54 Å². The fourth-order valence-corrected chi connectivity index (χ4v) is 1.52. The van der Waals surface area contributed by atoms with Crippen molar-refractivity contribution in [2.75, 3.05) is 13.2 Å². The second-order valence-electron chi connectivity index (χ2n) is 2.72. The molecule has 1 amide bonds. The van der Waals surface area contributed by atoms with E-state index in [2.05, 4.69) is 10.1 Å². The second-order valence-corrected chi connectivity index (χ2v) is 3.75. The number of thiophene rings is 1. The molecule has 0 spiro atoms. The summed E-state index contributed by atoms with van der Waals surface area (Å²) in [5.74, 6) is -1.68. The van der Waals surface area contributed by atoms with E-state index in [4.69, 9.17) is 0 Å². The average molecular weight is 228 g/mol. The maximum atomic E-state index is 11.1. The molecule has 0 fully saturated rings. The van der Waals surface area contributed by atoms with Crippen molar-refractivity contribution in [3.63, 3.8) is 0 Å². The molecule has 1 rings (SSSR count). The van der Waals surface area contributed by atoms with Gasteiger partial charge in [-0.1, -0.05) is 6.07 Å². The van der Waals surface area contributed by atoms with Crippen molar-refractivity contribution in [2.24, 2.45) is 0 Å². The highest BCUT2D eigenvalue weighted by molar-refractivity contribution is 7.09. The van der Waals surface area contributed by atoms with Gasteiger partial charge in [0.25, 0.3) is 0 Å². The molecule has 0 saturated carbocycles. The summed E-state index contributed by atoms with van der Waals surface area (Å²) in [4.78, 5) is 22.1. The molecular formula is C9H10NO4S-. The molecule has 1 aromatic rings. The van der Waals surface area contributed by atoms with E-state index in [1.54, 1.807) is 0 Å². The largest absolute Gasteiger partial charge is 0.548 e. The van der Waals surface area contributed by atoms with Crippen LogP contribution in [0.1, 0.15) is 4.88 Å². The summed E-state index contributed by atoms with van der Waals surface area (Å²) in [6.07, 6.45) is 0. The fourth-order valence-electron chi connectivity index (χ4n) is 0.877. The van der Waals surface area contributed by atoms with E-state index < -0.39 is 12.6 Å². The lowest BCUT2D eigenvalue weighted by atomic mass is 10.4. The van der Waals surface area contributed by atoms with Crippen LogP contribution in [0.15, 0.2) is 17.5 Å². The molecule has 6 heteroatoms. The Morgan fingerprint density at radius 1 is 1.47 bits per heavy atom. The highest BCUT2D eigenvalue weighted by atomic mass is 32.1. The number of hydrogen-bond acceptors (Lipinski definition) is 5. The minimum absolute atomic E-state index is 0.265. The molecule has 82 valence electrons. The summed E-state index contributed by atoms with van der Waals surface area (Å²) in [7, 11) is 0. The molecule has 0 aromatic carbocycles. The monoisotopic (exact) mass is 228 g/mol. The van der Waals surface area contributed by atoms with Crippen molar-refractivity contribution >= 4 is 23.2 Å². The lowest BCUT2D eigenvalue weighted by Gasteiger charge is -2.05. The summed E-state index contributed by atoms with van der Waals surface area (Å²) < 4.78 is 4.56. The first-order valence-electron chi connectivity index (χ1n) is 4.25. The highest BCUT2D eigenvalue weighted by Gasteiger charge is 2.01. The standard InChI is InChI=1S/C9H11NO4S/c11-8(5-14-6-9(12)13)10-4-7-2-1-3-15-7/h1-3H,4-6H2,(H,10,11)(H,12,13)/p-1. The van der Waals surface area contributed by atoms with Gasteiger partial charge in [0, 0.05) is 4.88 Å². The molecule has 0 radical (unpaired) electrons. The Kier molecular flexibility index (Phi) is 4.79. The number of rotatable bonds is 6. The van der Waals surface area contributed by atoms with Crippen molar-refractivity contribution in [1.29, 1.82) is 0 Å². The topological polar surface area (TPSA) is 78.5 Å². The minimum Gasteiger partial charge on any atom is -0.548 e. The molecule has 15 heavy (non-hydrogen) atoms. The first-order valence-corrected chi connectivity index (χ1v) is 5.13. The van der Waals surface area contributed by atoms with Gasteiger partial charge < -0.3 is 20.0 Å². The van der Waals surface area contributed by atoms with Crippen molar-refractivity contribution < 1.29 is 19.4 Å². The van der Waals surface area contributed by atoms with E-state index >= 15 is 0 Å².